The van der Waals surface area contributed by atoms with Crippen LogP contribution in [0.3, 0.4) is 0 Å². The average molecular weight is 408 g/mol. The quantitative estimate of drug-likeness (QED) is 0.647. The maximum Gasteiger partial charge on any atom is 0.212 e. The van der Waals surface area contributed by atoms with Crippen LogP contribution in [0.15, 0.2) is 35.3 Å². The first-order valence-electron chi connectivity index (χ1n) is 8.47. The smallest absolute Gasteiger partial charge is 0.212 e. The third-order valence-corrected chi connectivity index (χ3v) is 4.55. The normalized spacial score (nSPS) is 17.8. The topological polar surface area (TPSA) is 86.7 Å². The van der Waals surface area contributed by atoms with Crippen molar-refractivity contribution in [3.63, 3.8) is 0 Å². The SMILES string of the molecule is Cl.NC1=NC(c2ccc(F)cc2F)n2c(nc3cc4c(cc32)OCCCO4)N1. The van der Waals surface area contributed by atoms with Gasteiger partial charge in [-0.1, -0.05) is 0 Å². The molecule has 2 aromatic carbocycles. The first-order valence-corrected chi connectivity index (χ1v) is 8.47. The van der Waals surface area contributed by atoms with Gasteiger partial charge in [0.2, 0.25) is 5.95 Å². The van der Waals surface area contributed by atoms with Gasteiger partial charge in [-0.3, -0.25) is 9.88 Å². The molecule has 0 saturated carbocycles. The summed E-state index contributed by atoms with van der Waals surface area (Å²) in [6.45, 7) is 1.10. The average Bonchev–Trinajstić information content (AvgIpc) is 2.81. The molecule has 0 bridgehead atoms. The zero-order valence-electron chi connectivity index (χ0n) is 14.5. The minimum atomic E-state index is -0.823. The van der Waals surface area contributed by atoms with Gasteiger partial charge in [0.1, 0.15) is 11.6 Å². The highest BCUT2D eigenvalue weighted by atomic mass is 35.5. The van der Waals surface area contributed by atoms with Crippen molar-refractivity contribution in [1.29, 1.82) is 0 Å². The zero-order chi connectivity index (χ0) is 18.5. The van der Waals surface area contributed by atoms with Gasteiger partial charge in [0, 0.05) is 30.2 Å². The van der Waals surface area contributed by atoms with Crippen molar-refractivity contribution < 1.29 is 18.3 Å². The molecule has 0 radical (unpaired) electrons. The number of anilines is 1. The van der Waals surface area contributed by atoms with Crippen LogP contribution in [0.1, 0.15) is 18.2 Å². The Labute approximate surface area is 164 Å². The molecule has 0 spiro atoms. The number of nitrogens with zero attached hydrogens (tertiary/aromatic N) is 3. The summed E-state index contributed by atoms with van der Waals surface area (Å²) in [5.74, 6) is 0.332. The van der Waals surface area contributed by atoms with Gasteiger partial charge in [-0.2, -0.15) is 0 Å². The molecular formula is C18H16ClF2N5O2. The summed E-state index contributed by atoms with van der Waals surface area (Å²) < 4.78 is 40.9. The van der Waals surface area contributed by atoms with Crippen molar-refractivity contribution in [2.24, 2.45) is 10.7 Å². The molecule has 1 aromatic heterocycles. The Morgan fingerprint density at radius 2 is 1.86 bits per heavy atom. The number of halogens is 3. The van der Waals surface area contributed by atoms with Crippen LogP contribution in [0, 0.1) is 11.6 Å². The van der Waals surface area contributed by atoms with E-state index in [0.29, 0.717) is 41.7 Å². The molecule has 0 saturated heterocycles. The Morgan fingerprint density at radius 1 is 1.11 bits per heavy atom. The molecule has 10 heteroatoms. The fourth-order valence-corrected chi connectivity index (χ4v) is 3.34. The number of rotatable bonds is 1. The summed E-state index contributed by atoms with van der Waals surface area (Å²) in [5, 5.41) is 2.88. The van der Waals surface area contributed by atoms with Crippen LogP contribution in [-0.2, 0) is 0 Å². The molecule has 2 aliphatic rings. The zero-order valence-corrected chi connectivity index (χ0v) is 15.3. The van der Waals surface area contributed by atoms with Crippen molar-refractivity contribution in [3.8, 4) is 11.5 Å². The largest absolute Gasteiger partial charge is 0.489 e. The fourth-order valence-electron chi connectivity index (χ4n) is 3.34. The molecule has 3 N–H and O–H groups in total. The minimum absolute atomic E-state index is 0. The third kappa shape index (κ3) is 2.88. The number of aromatic nitrogens is 2. The van der Waals surface area contributed by atoms with Crippen LogP contribution in [0.4, 0.5) is 14.7 Å². The van der Waals surface area contributed by atoms with E-state index in [9.17, 15) is 8.78 Å². The van der Waals surface area contributed by atoms with E-state index in [0.717, 1.165) is 12.5 Å². The molecule has 3 aromatic rings. The lowest BCUT2D eigenvalue weighted by Gasteiger charge is -2.24. The van der Waals surface area contributed by atoms with Gasteiger partial charge in [-0.15, -0.1) is 12.4 Å². The third-order valence-electron chi connectivity index (χ3n) is 4.55. The summed E-state index contributed by atoms with van der Waals surface area (Å²) in [6, 6.07) is 6.94. The first kappa shape index (κ1) is 18.3. The Balaban J connectivity index is 0.00000192. The molecule has 7 nitrogen and oxygen atoms in total. The number of aliphatic imine (C=N–C) groups is 1. The van der Waals surface area contributed by atoms with Crippen molar-refractivity contribution in [3.05, 3.63) is 47.5 Å². The maximum atomic E-state index is 14.4. The van der Waals surface area contributed by atoms with Gasteiger partial charge < -0.3 is 15.2 Å². The van der Waals surface area contributed by atoms with E-state index in [1.807, 2.05) is 0 Å². The molecule has 0 amide bonds. The second kappa shape index (κ2) is 6.83. The molecule has 2 aliphatic heterocycles. The number of ether oxygens (including phenoxy) is 2. The fraction of sp³-hybridized carbons (Fsp3) is 0.222. The lowest BCUT2D eigenvalue weighted by Crippen LogP contribution is -2.31. The standard InChI is InChI=1S/C18H15F2N5O2.ClH/c19-9-2-3-10(11(20)6-9)16-23-17(21)24-18-22-12-7-14-15(8-13(12)25(16)18)27-5-1-4-26-14;/h2-3,6-8,16H,1,4-5H2,(H3,21,22,23,24);1H. The van der Waals surface area contributed by atoms with Gasteiger partial charge >= 0.3 is 0 Å². The molecule has 3 heterocycles. The molecule has 28 heavy (non-hydrogen) atoms. The lowest BCUT2D eigenvalue weighted by molar-refractivity contribution is 0.297. The predicted molar refractivity (Wildman–Crippen MR) is 102 cm³/mol. The minimum Gasteiger partial charge on any atom is -0.489 e. The van der Waals surface area contributed by atoms with Crippen LogP contribution < -0.4 is 20.5 Å². The summed E-state index contributed by atoms with van der Waals surface area (Å²) in [6.07, 6.45) is -0.0415. The highest BCUT2D eigenvalue weighted by Crippen LogP contribution is 2.39. The van der Waals surface area contributed by atoms with Crippen LogP contribution in [0.25, 0.3) is 11.0 Å². The Kier molecular flexibility index (Phi) is 4.46. The van der Waals surface area contributed by atoms with Crippen LogP contribution in [-0.4, -0.2) is 28.7 Å². The van der Waals surface area contributed by atoms with E-state index in [1.54, 1.807) is 16.7 Å². The molecule has 0 fully saturated rings. The van der Waals surface area contributed by atoms with Gasteiger partial charge in [-0.05, 0) is 12.1 Å². The summed E-state index contributed by atoms with van der Waals surface area (Å²) >= 11 is 0. The molecule has 1 unspecified atom stereocenters. The number of nitrogens with two attached hydrogens (primary N) is 1. The summed E-state index contributed by atoms with van der Waals surface area (Å²) in [5.41, 5.74) is 7.35. The van der Waals surface area contributed by atoms with E-state index in [-0.39, 0.29) is 23.9 Å². The monoisotopic (exact) mass is 407 g/mol. The first-order chi connectivity index (χ1) is 13.1. The van der Waals surface area contributed by atoms with Gasteiger partial charge in [-0.25, -0.2) is 18.8 Å². The molecule has 1 atom stereocenters. The van der Waals surface area contributed by atoms with Crippen molar-refractivity contribution in [1.82, 2.24) is 9.55 Å². The highest BCUT2D eigenvalue weighted by molar-refractivity contribution is 5.95. The second-order valence-corrected chi connectivity index (χ2v) is 6.32. The maximum absolute atomic E-state index is 14.4. The number of hydrogen-bond donors (Lipinski definition) is 2. The molecule has 146 valence electrons. The lowest BCUT2D eigenvalue weighted by atomic mass is 10.1. The number of nitrogens with one attached hydrogen (secondary N) is 1. The van der Waals surface area contributed by atoms with Crippen molar-refractivity contribution in [2.75, 3.05) is 18.5 Å². The van der Waals surface area contributed by atoms with E-state index < -0.39 is 17.8 Å². The molecule has 0 aliphatic carbocycles. The van der Waals surface area contributed by atoms with E-state index >= 15 is 0 Å². The van der Waals surface area contributed by atoms with Gasteiger partial charge in [0.15, 0.2) is 23.6 Å². The van der Waals surface area contributed by atoms with Crippen LogP contribution >= 0.6 is 12.4 Å². The van der Waals surface area contributed by atoms with Crippen molar-refractivity contribution >= 4 is 35.3 Å². The number of hydrogen-bond acceptors (Lipinski definition) is 6. The Morgan fingerprint density at radius 3 is 2.61 bits per heavy atom. The van der Waals surface area contributed by atoms with Crippen LogP contribution in [0.5, 0.6) is 11.5 Å². The number of imidazole rings is 1. The number of guanidine groups is 1. The number of benzene rings is 2. The van der Waals surface area contributed by atoms with Gasteiger partial charge in [0.05, 0.1) is 24.2 Å². The van der Waals surface area contributed by atoms with E-state index in [4.69, 9.17) is 15.2 Å². The second-order valence-electron chi connectivity index (χ2n) is 6.32. The molecular weight excluding hydrogens is 392 g/mol. The van der Waals surface area contributed by atoms with Gasteiger partial charge in [0.25, 0.3) is 0 Å². The van der Waals surface area contributed by atoms with Crippen molar-refractivity contribution in [2.45, 2.75) is 12.6 Å². The van der Waals surface area contributed by atoms with E-state index in [2.05, 4.69) is 15.3 Å². The Hall–Kier alpha value is -3.07. The number of fused-ring (bicyclic) bond motifs is 4. The summed E-state index contributed by atoms with van der Waals surface area (Å²) in [7, 11) is 0. The predicted octanol–water partition coefficient (Wildman–Crippen LogP) is 3.18. The highest BCUT2D eigenvalue weighted by Gasteiger charge is 2.28. The molecule has 5 rings (SSSR count). The summed E-state index contributed by atoms with van der Waals surface area (Å²) in [4.78, 5) is 8.83. The van der Waals surface area contributed by atoms with E-state index in [1.165, 1.54) is 12.1 Å². The Bertz CT molecular complexity index is 1100. The van der Waals surface area contributed by atoms with Crippen LogP contribution in [0.2, 0.25) is 0 Å².